The topological polar surface area (TPSA) is 31.9 Å². The molecule has 1 atom stereocenters. The van der Waals surface area contributed by atoms with Gasteiger partial charge in [0.1, 0.15) is 10.4 Å². The van der Waals surface area contributed by atoms with Crippen LogP contribution in [0.4, 0.5) is 0 Å². The third-order valence-corrected chi connectivity index (χ3v) is 3.40. The van der Waals surface area contributed by atoms with Crippen LogP contribution in [0.25, 0.3) is 0 Å². The lowest BCUT2D eigenvalue weighted by Crippen LogP contribution is -2.40. The van der Waals surface area contributed by atoms with E-state index in [1.54, 1.807) is 0 Å². The predicted octanol–water partition coefficient (Wildman–Crippen LogP) is 3.11. The van der Waals surface area contributed by atoms with E-state index in [0.29, 0.717) is 6.04 Å². The first-order valence-electron chi connectivity index (χ1n) is 5.45. The van der Waals surface area contributed by atoms with Gasteiger partial charge < -0.3 is 4.98 Å². The average Bonchev–Trinajstić information content (AvgIpc) is 2.68. The molecular weight excluding hydrogens is 254 g/mol. The van der Waals surface area contributed by atoms with Crippen LogP contribution in [0.2, 0.25) is 0 Å². The summed E-state index contributed by atoms with van der Waals surface area (Å²) in [6, 6.07) is 0.455. The number of hydrogen-bond donors (Lipinski definition) is 1. The van der Waals surface area contributed by atoms with Crippen LogP contribution in [0.1, 0.15) is 45.5 Å². The fourth-order valence-corrected chi connectivity index (χ4v) is 2.64. The van der Waals surface area contributed by atoms with Crippen LogP contribution in [0.3, 0.4) is 0 Å². The Hall–Kier alpha value is -0.350. The van der Waals surface area contributed by atoms with Crippen LogP contribution in [-0.2, 0) is 0 Å². The molecule has 15 heavy (non-hydrogen) atoms. The summed E-state index contributed by atoms with van der Waals surface area (Å²) in [5.74, 6) is 1.09. The second-order valence-electron chi connectivity index (χ2n) is 5.14. The summed E-state index contributed by atoms with van der Waals surface area (Å²) in [5, 5.41) is 0. The van der Waals surface area contributed by atoms with E-state index in [-0.39, 0.29) is 5.54 Å². The molecule has 0 aliphatic carbocycles. The fourth-order valence-electron chi connectivity index (χ4n) is 2.34. The number of likely N-dealkylation sites (tertiary alicyclic amines) is 1. The lowest BCUT2D eigenvalue weighted by Gasteiger charge is -2.36. The first-order valence-corrected chi connectivity index (χ1v) is 6.25. The molecule has 3 nitrogen and oxygen atoms in total. The van der Waals surface area contributed by atoms with Crippen LogP contribution < -0.4 is 0 Å². The highest BCUT2D eigenvalue weighted by atomic mass is 79.9. The van der Waals surface area contributed by atoms with Crippen molar-refractivity contribution in [2.45, 2.75) is 45.2 Å². The molecule has 0 aromatic carbocycles. The third kappa shape index (κ3) is 2.26. The second-order valence-corrected chi connectivity index (χ2v) is 5.99. The van der Waals surface area contributed by atoms with E-state index >= 15 is 0 Å². The number of aromatic amines is 1. The molecule has 1 aliphatic heterocycles. The Bertz CT molecular complexity index is 340. The molecule has 0 spiro atoms. The Kier molecular flexibility index (Phi) is 2.90. The molecule has 1 aliphatic rings. The maximum absolute atomic E-state index is 4.42. The largest absolute Gasteiger partial charge is 0.335 e. The minimum atomic E-state index is 0.223. The summed E-state index contributed by atoms with van der Waals surface area (Å²) in [5.41, 5.74) is 0.223. The van der Waals surface area contributed by atoms with Crippen molar-refractivity contribution in [1.29, 1.82) is 0 Å². The Balaban J connectivity index is 2.22. The molecule has 1 aromatic rings. The molecule has 0 radical (unpaired) electrons. The molecule has 84 valence electrons. The lowest BCUT2D eigenvalue weighted by atomic mass is 10.0. The molecule has 0 unspecified atom stereocenters. The Morgan fingerprint density at radius 3 is 2.80 bits per heavy atom. The third-order valence-electron chi connectivity index (χ3n) is 2.99. The quantitative estimate of drug-likeness (QED) is 0.851. The van der Waals surface area contributed by atoms with Gasteiger partial charge in [-0.05, 0) is 56.1 Å². The molecule has 4 heteroatoms. The maximum Gasteiger partial charge on any atom is 0.124 e. The van der Waals surface area contributed by atoms with Gasteiger partial charge in [-0.3, -0.25) is 4.90 Å². The Morgan fingerprint density at radius 1 is 1.53 bits per heavy atom. The molecule has 1 aromatic heterocycles. The van der Waals surface area contributed by atoms with Crippen molar-refractivity contribution in [2.75, 3.05) is 6.54 Å². The lowest BCUT2D eigenvalue weighted by molar-refractivity contribution is 0.117. The van der Waals surface area contributed by atoms with E-state index in [1.165, 1.54) is 19.4 Å². The van der Waals surface area contributed by atoms with Crippen molar-refractivity contribution in [2.24, 2.45) is 0 Å². The molecular formula is C11H18BrN3. The monoisotopic (exact) mass is 271 g/mol. The van der Waals surface area contributed by atoms with Gasteiger partial charge in [0.05, 0.1) is 12.2 Å². The molecule has 2 heterocycles. The zero-order chi connectivity index (χ0) is 11.1. The number of aromatic nitrogens is 2. The van der Waals surface area contributed by atoms with Crippen molar-refractivity contribution in [3.63, 3.8) is 0 Å². The highest BCUT2D eigenvalue weighted by molar-refractivity contribution is 9.10. The highest BCUT2D eigenvalue weighted by Crippen LogP contribution is 2.35. The summed E-state index contributed by atoms with van der Waals surface area (Å²) in [6.45, 7) is 7.97. The smallest absolute Gasteiger partial charge is 0.124 e. The summed E-state index contributed by atoms with van der Waals surface area (Å²) < 4.78 is 0.971. The average molecular weight is 272 g/mol. The highest BCUT2D eigenvalue weighted by Gasteiger charge is 2.35. The summed E-state index contributed by atoms with van der Waals surface area (Å²) in [7, 11) is 0. The fraction of sp³-hybridized carbons (Fsp3) is 0.727. The summed E-state index contributed by atoms with van der Waals surface area (Å²) in [4.78, 5) is 10.2. The number of imidazole rings is 1. The zero-order valence-corrected chi connectivity index (χ0v) is 11.1. The van der Waals surface area contributed by atoms with Gasteiger partial charge in [0.2, 0.25) is 0 Å². The van der Waals surface area contributed by atoms with Crippen molar-refractivity contribution in [3.05, 3.63) is 16.6 Å². The van der Waals surface area contributed by atoms with E-state index in [1.807, 2.05) is 6.20 Å². The minimum Gasteiger partial charge on any atom is -0.335 e. The minimum absolute atomic E-state index is 0.223. The van der Waals surface area contributed by atoms with E-state index in [2.05, 4.69) is 51.6 Å². The molecule has 2 rings (SSSR count). The molecule has 1 N–H and O–H groups in total. The molecule has 0 bridgehead atoms. The van der Waals surface area contributed by atoms with Gasteiger partial charge in [0.25, 0.3) is 0 Å². The Morgan fingerprint density at radius 2 is 2.27 bits per heavy atom. The summed E-state index contributed by atoms with van der Waals surface area (Å²) in [6.07, 6.45) is 4.31. The predicted molar refractivity (Wildman–Crippen MR) is 64.7 cm³/mol. The number of nitrogens with one attached hydrogen (secondary N) is 1. The number of hydrogen-bond acceptors (Lipinski definition) is 2. The van der Waals surface area contributed by atoms with Gasteiger partial charge >= 0.3 is 0 Å². The van der Waals surface area contributed by atoms with Gasteiger partial charge in [-0.15, -0.1) is 0 Å². The van der Waals surface area contributed by atoms with Crippen LogP contribution in [0, 0.1) is 0 Å². The van der Waals surface area contributed by atoms with Crippen LogP contribution >= 0.6 is 15.9 Å². The summed E-state index contributed by atoms with van der Waals surface area (Å²) >= 11 is 3.41. The van der Waals surface area contributed by atoms with E-state index in [9.17, 15) is 0 Å². The first-order chi connectivity index (χ1) is 6.98. The number of H-pyrrole nitrogens is 1. The van der Waals surface area contributed by atoms with E-state index < -0.39 is 0 Å². The maximum atomic E-state index is 4.42. The van der Waals surface area contributed by atoms with E-state index in [4.69, 9.17) is 0 Å². The van der Waals surface area contributed by atoms with Crippen LogP contribution in [0.15, 0.2) is 10.8 Å². The number of nitrogens with zero attached hydrogens (tertiary/aromatic N) is 2. The van der Waals surface area contributed by atoms with Crippen LogP contribution in [-0.4, -0.2) is 27.0 Å². The standard InChI is InChI=1S/C11H18BrN3/c1-11(2,3)15-6-4-5-8(15)10-13-7-9(12)14-10/h7-8H,4-6H2,1-3H3,(H,13,14)/t8-/m0/s1. The second kappa shape index (κ2) is 3.91. The molecule has 0 amide bonds. The van der Waals surface area contributed by atoms with Gasteiger partial charge in [-0.2, -0.15) is 0 Å². The van der Waals surface area contributed by atoms with Crippen molar-refractivity contribution in [3.8, 4) is 0 Å². The van der Waals surface area contributed by atoms with Crippen molar-refractivity contribution >= 4 is 15.9 Å². The van der Waals surface area contributed by atoms with Gasteiger partial charge in [0.15, 0.2) is 0 Å². The number of halogens is 1. The first kappa shape index (κ1) is 11.1. The van der Waals surface area contributed by atoms with Gasteiger partial charge in [-0.25, -0.2) is 4.98 Å². The number of rotatable bonds is 1. The van der Waals surface area contributed by atoms with Gasteiger partial charge in [0, 0.05) is 5.54 Å². The SMILES string of the molecule is CC(C)(C)N1CCC[C@H]1c1ncc(Br)[nH]1. The molecule has 1 fully saturated rings. The normalized spacial score (nSPS) is 23.6. The van der Waals surface area contributed by atoms with E-state index in [0.717, 1.165) is 10.4 Å². The van der Waals surface area contributed by atoms with Gasteiger partial charge in [-0.1, -0.05) is 0 Å². The molecule has 1 saturated heterocycles. The zero-order valence-electron chi connectivity index (χ0n) is 9.55. The van der Waals surface area contributed by atoms with Crippen molar-refractivity contribution < 1.29 is 0 Å². The molecule has 0 saturated carbocycles. The Labute approximate surface area is 99.4 Å². The van der Waals surface area contributed by atoms with Crippen molar-refractivity contribution in [1.82, 2.24) is 14.9 Å². The van der Waals surface area contributed by atoms with Crippen LogP contribution in [0.5, 0.6) is 0 Å².